The van der Waals surface area contributed by atoms with E-state index in [2.05, 4.69) is 10.6 Å². The zero-order valence-electron chi connectivity index (χ0n) is 10.6. The molecular formula is C11H19N3O5. The molecule has 19 heavy (non-hydrogen) atoms. The van der Waals surface area contributed by atoms with Crippen LogP contribution in [0.5, 0.6) is 0 Å². The van der Waals surface area contributed by atoms with Gasteiger partial charge in [-0.3, -0.25) is 9.59 Å². The average Bonchev–Trinajstić information content (AvgIpc) is 3.10. The predicted molar refractivity (Wildman–Crippen MR) is 65.9 cm³/mol. The monoisotopic (exact) mass is 273 g/mol. The van der Waals surface area contributed by atoms with Gasteiger partial charge in [0.2, 0.25) is 0 Å². The summed E-state index contributed by atoms with van der Waals surface area (Å²) in [5.41, 5.74) is 0. The second-order valence-electron chi connectivity index (χ2n) is 4.46. The molecule has 1 rings (SSSR count). The van der Waals surface area contributed by atoms with Gasteiger partial charge in [-0.1, -0.05) is 0 Å². The van der Waals surface area contributed by atoms with E-state index in [1.54, 1.807) is 0 Å². The first-order valence-corrected chi connectivity index (χ1v) is 6.19. The number of hydrogen-bond acceptors (Lipinski definition) is 4. The fraction of sp³-hybridized carbons (Fsp3) is 0.727. The molecule has 4 N–H and O–H groups in total. The molecule has 0 aromatic heterocycles. The first kappa shape index (κ1) is 15.2. The van der Waals surface area contributed by atoms with E-state index in [4.69, 9.17) is 10.2 Å². The number of hydrogen-bond donors (Lipinski definition) is 4. The number of rotatable bonds is 9. The van der Waals surface area contributed by atoms with Gasteiger partial charge in [0, 0.05) is 12.6 Å². The third-order valence-electron chi connectivity index (χ3n) is 2.58. The molecule has 8 nitrogen and oxygen atoms in total. The first-order chi connectivity index (χ1) is 8.99. The van der Waals surface area contributed by atoms with Crippen molar-refractivity contribution in [2.75, 3.05) is 26.2 Å². The Morgan fingerprint density at radius 2 is 1.63 bits per heavy atom. The number of urea groups is 1. The van der Waals surface area contributed by atoms with Gasteiger partial charge in [-0.25, -0.2) is 4.79 Å². The number of nitrogens with one attached hydrogen (secondary N) is 2. The summed E-state index contributed by atoms with van der Waals surface area (Å²) in [5.74, 6) is -2.49. The number of carboxylic acid groups (broad SMARTS) is 2. The van der Waals surface area contributed by atoms with Crippen molar-refractivity contribution in [1.82, 2.24) is 15.5 Å². The van der Waals surface area contributed by atoms with Crippen molar-refractivity contribution < 1.29 is 24.6 Å². The number of carbonyl (C=O) groups excluding carboxylic acids is 1. The topological polar surface area (TPSA) is 119 Å². The minimum absolute atomic E-state index is 0.383. The average molecular weight is 273 g/mol. The van der Waals surface area contributed by atoms with E-state index in [1.807, 2.05) is 0 Å². The molecule has 0 spiro atoms. The van der Waals surface area contributed by atoms with Crippen LogP contribution in [0.2, 0.25) is 0 Å². The van der Waals surface area contributed by atoms with Crippen molar-refractivity contribution >= 4 is 18.0 Å². The van der Waals surface area contributed by atoms with Crippen LogP contribution in [0.3, 0.4) is 0 Å². The van der Waals surface area contributed by atoms with Gasteiger partial charge in [0.1, 0.15) is 13.1 Å². The second kappa shape index (κ2) is 7.57. The van der Waals surface area contributed by atoms with Gasteiger partial charge in [-0.2, -0.15) is 0 Å². The minimum atomic E-state index is -1.24. The Bertz CT molecular complexity index is 327. The highest BCUT2D eigenvalue weighted by Crippen LogP contribution is 2.18. The highest BCUT2D eigenvalue weighted by atomic mass is 16.4. The maximum Gasteiger partial charge on any atom is 0.323 e. The van der Waals surface area contributed by atoms with Crippen LogP contribution in [-0.4, -0.2) is 65.3 Å². The third-order valence-corrected chi connectivity index (χ3v) is 2.58. The maximum atomic E-state index is 11.6. The fourth-order valence-electron chi connectivity index (χ4n) is 1.52. The molecular weight excluding hydrogens is 254 g/mol. The van der Waals surface area contributed by atoms with E-state index in [1.165, 1.54) is 12.8 Å². The molecule has 1 saturated carbocycles. The SMILES string of the molecule is O=C(O)CN(CC(=O)O)C(=O)NCCCNC1CC1. The summed E-state index contributed by atoms with van der Waals surface area (Å²) in [4.78, 5) is 33.4. The second-order valence-corrected chi connectivity index (χ2v) is 4.46. The summed E-state index contributed by atoms with van der Waals surface area (Å²) in [6.07, 6.45) is 3.10. The van der Waals surface area contributed by atoms with E-state index in [0.29, 0.717) is 12.6 Å². The lowest BCUT2D eigenvalue weighted by atomic mass is 10.4. The van der Waals surface area contributed by atoms with Gasteiger partial charge in [0.25, 0.3) is 0 Å². The lowest BCUT2D eigenvalue weighted by molar-refractivity contribution is -0.140. The van der Waals surface area contributed by atoms with Crippen molar-refractivity contribution in [2.24, 2.45) is 0 Å². The predicted octanol–water partition coefficient (Wildman–Crippen LogP) is -0.691. The molecule has 0 aromatic rings. The Morgan fingerprint density at radius 3 is 2.11 bits per heavy atom. The molecule has 0 radical (unpaired) electrons. The zero-order valence-corrected chi connectivity index (χ0v) is 10.6. The highest BCUT2D eigenvalue weighted by molar-refractivity contribution is 5.84. The maximum absolute atomic E-state index is 11.6. The lowest BCUT2D eigenvalue weighted by Gasteiger charge is -2.19. The van der Waals surface area contributed by atoms with Gasteiger partial charge in [0.15, 0.2) is 0 Å². The van der Waals surface area contributed by atoms with E-state index >= 15 is 0 Å². The summed E-state index contributed by atoms with van der Waals surface area (Å²) in [7, 11) is 0. The number of aliphatic carboxylic acids is 2. The van der Waals surface area contributed by atoms with Crippen molar-refractivity contribution in [3.05, 3.63) is 0 Å². The molecule has 8 heteroatoms. The van der Waals surface area contributed by atoms with E-state index < -0.39 is 31.1 Å². The Kier molecular flexibility index (Phi) is 6.07. The highest BCUT2D eigenvalue weighted by Gasteiger charge is 2.20. The normalized spacial score (nSPS) is 13.9. The number of amides is 2. The molecule has 0 atom stereocenters. The van der Waals surface area contributed by atoms with Crippen LogP contribution < -0.4 is 10.6 Å². The van der Waals surface area contributed by atoms with Crippen LogP contribution in [0.4, 0.5) is 4.79 Å². The van der Waals surface area contributed by atoms with Crippen molar-refractivity contribution in [3.8, 4) is 0 Å². The summed E-state index contributed by atoms with van der Waals surface area (Å²) in [6.45, 7) is -0.0893. The van der Waals surface area contributed by atoms with Crippen LogP contribution in [-0.2, 0) is 9.59 Å². The van der Waals surface area contributed by atoms with Crippen LogP contribution >= 0.6 is 0 Å². The largest absolute Gasteiger partial charge is 0.480 e. The van der Waals surface area contributed by atoms with Gasteiger partial charge in [-0.15, -0.1) is 0 Å². The smallest absolute Gasteiger partial charge is 0.323 e. The summed E-state index contributed by atoms with van der Waals surface area (Å²) in [5, 5.41) is 23.0. The molecule has 0 unspecified atom stereocenters. The van der Waals surface area contributed by atoms with E-state index in [9.17, 15) is 14.4 Å². The van der Waals surface area contributed by atoms with E-state index in [-0.39, 0.29) is 0 Å². The van der Waals surface area contributed by atoms with Crippen LogP contribution in [0.1, 0.15) is 19.3 Å². The number of carboxylic acids is 2. The van der Waals surface area contributed by atoms with E-state index in [0.717, 1.165) is 17.9 Å². The fourth-order valence-corrected chi connectivity index (χ4v) is 1.52. The molecule has 1 aliphatic carbocycles. The Balaban J connectivity index is 2.20. The Labute approximate surface area is 110 Å². The Hall–Kier alpha value is -1.83. The lowest BCUT2D eigenvalue weighted by Crippen LogP contribution is -2.45. The molecule has 0 bridgehead atoms. The van der Waals surface area contributed by atoms with Gasteiger partial charge in [-0.05, 0) is 25.8 Å². The van der Waals surface area contributed by atoms with Gasteiger partial charge in [0.05, 0.1) is 0 Å². The molecule has 0 heterocycles. The third kappa shape index (κ3) is 7.24. The molecule has 0 aliphatic heterocycles. The molecule has 1 aliphatic rings. The van der Waals surface area contributed by atoms with Crippen molar-refractivity contribution in [2.45, 2.75) is 25.3 Å². The number of nitrogens with zero attached hydrogens (tertiary/aromatic N) is 1. The standard InChI is InChI=1S/C11H19N3O5/c15-9(16)6-14(7-10(17)18)11(19)13-5-1-4-12-8-2-3-8/h8,12H,1-7H2,(H,13,19)(H,15,16)(H,17,18). The summed E-state index contributed by atoms with van der Waals surface area (Å²) >= 11 is 0. The Morgan fingerprint density at radius 1 is 1.05 bits per heavy atom. The molecule has 1 fully saturated rings. The summed E-state index contributed by atoms with van der Waals surface area (Å²) in [6, 6.07) is -0.0672. The quantitative estimate of drug-likeness (QED) is 0.413. The van der Waals surface area contributed by atoms with Crippen LogP contribution in [0.25, 0.3) is 0 Å². The first-order valence-electron chi connectivity index (χ1n) is 6.19. The number of carbonyl (C=O) groups is 3. The van der Waals surface area contributed by atoms with Crippen LogP contribution in [0, 0.1) is 0 Å². The zero-order chi connectivity index (χ0) is 14.3. The van der Waals surface area contributed by atoms with Crippen molar-refractivity contribution in [3.63, 3.8) is 0 Å². The van der Waals surface area contributed by atoms with Gasteiger partial charge < -0.3 is 25.7 Å². The molecule has 108 valence electrons. The molecule has 0 aromatic carbocycles. The summed E-state index contributed by atoms with van der Waals surface area (Å²) < 4.78 is 0. The minimum Gasteiger partial charge on any atom is -0.480 e. The molecule has 0 saturated heterocycles. The van der Waals surface area contributed by atoms with Crippen LogP contribution in [0.15, 0.2) is 0 Å². The molecule has 2 amide bonds. The van der Waals surface area contributed by atoms with Gasteiger partial charge >= 0.3 is 18.0 Å². The van der Waals surface area contributed by atoms with Crippen molar-refractivity contribution in [1.29, 1.82) is 0 Å².